The van der Waals surface area contributed by atoms with E-state index in [1.165, 1.54) is 0 Å². The zero-order chi connectivity index (χ0) is 18.5. The minimum Gasteiger partial charge on any atom is -0.507 e. The summed E-state index contributed by atoms with van der Waals surface area (Å²) in [5, 5.41) is 24.8. The predicted molar refractivity (Wildman–Crippen MR) is 102 cm³/mol. The molecule has 0 saturated heterocycles. The van der Waals surface area contributed by atoms with Crippen LogP contribution >= 0.6 is 0 Å². The first-order valence-electron chi connectivity index (χ1n) is 8.68. The van der Waals surface area contributed by atoms with Crippen LogP contribution in [-0.2, 0) is 13.1 Å². The topological polar surface area (TPSA) is 86.8 Å². The van der Waals surface area contributed by atoms with Gasteiger partial charge in [-0.1, -0.05) is 18.2 Å². The highest BCUT2D eigenvalue weighted by molar-refractivity contribution is 5.79. The van der Waals surface area contributed by atoms with E-state index in [0.29, 0.717) is 24.8 Å². The molecule has 0 aliphatic rings. The third-order valence-corrected chi connectivity index (χ3v) is 4.11. The van der Waals surface area contributed by atoms with Crippen molar-refractivity contribution in [3.8, 4) is 5.75 Å². The third kappa shape index (κ3) is 3.93. The van der Waals surface area contributed by atoms with Gasteiger partial charge in [0, 0.05) is 12.7 Å². The fraction of sp³-hybridized carbons (Fsp3) is 0.316. The molecule has 2 heterocycles. The van der Waals surface area contributed by atoms with Gasteiger partial charge in [-0.25, -0.2) is 4.99 Å². The van der Waals surface area contributed by atoms with Crippen molar-refractivity contribution in [2.45, 2.75) is 33.9 Å². The van der Waals surface area contributed by atoms with Crippen LogP contribution in [0, 0.1) is 13.8 Å². The second-order valence-electron chi connectivity index (χ2n) is 6.17. The van der Waals surface area contributed by atoms with Crippen molar-refractivity contribution in [3.63, 3.8) is 0 Å². The highest BCUT2D eigenvalue weighted by atomic mass is 16.3. The molecule has 2 aromatic heterocycles. The van der Waals surface area contributed by atoms with Gasteiger partial charge < -0.3 is 15.7 Å². The van der Waals surface area contributed by atoms with E-state index >= 15 is 0 Å². The Hall–Kier alpha value is -3.09. The Morgan fingerprint density at radius 3 is 2.65 bits per heavy atom. The van der Waals surface area contributed by atoms with Gasteiger partial charge >= 0.3 is 0 Å². The van der Waals surface area contributed by atoms with Crippen molar-refractivity contribution in [1.29, 1.82) is 0 Å². The Balaban J connectivity index is 1.71. The van der Waals surface area contributed by atoms with Crippen molar-refractivity contribution in [3.05, 3.63) is 59.0 Å². The number of phenolic OH excluding ortho intramolecular Hbond substituents is 1. The number of aromatic hydroxyl groups is 1. The number of guanidine groups is 1. The summed E-state index contributed by atoms with van der Waals surface area (Å²) in [6.07, 6.45) is 1.94. The molecule has 0 bridgehead atoms. The lowest BCUT2D eigenvalue weighted by Crippen LogP contribution is -2.37. The van der Waals surface area contributed by atoms with E-state index in [-0.39, 0.29) is 0 Å². The minimum absolute atomic E-state index is 0.349. The molecule has 0 atom stereocenters. The summed E-state index contributed by atoms with van der Waals surface area (Å²) in [5.41, 5.74) is 3.61. The van der Waals surface area contributed by atoms with Gasteiger partial charge in [0.2, 0.25) is 0 Å². The zero-order valence-corrected chi connectivity index (χ0v) is 15.3. The number of hydrogen-bond acceptors (Lipinski definition) is 4. The van der Waals surface area contributed by atoms with Gasteiger partial charge in [0.1, 0.15) is 5.75 Å². The summed E-state index contributed by atoms with van der Waals surface area (Å²) in [7, 11) is 0. The second-order valence-corrected chi connectivity index (χ2v) is 6.17. The normalized spacial score (nSPS) is 11.7. The fourth-order valence-electron chi connectivity index (χ4n) is 2.82. The molecule has 0 spiro atoms. The van der Waals surface area contributed by atoms with Crippen LogP contribution in [0.4, 0.5) is 0 Å². The molecule has 7 nitrogen and oxygen atoms in total. The molecule has 1 aromatic carbocycles. The molecule has 0 unspecified atom stereocenters. The molecule has 7 heteroatoms. The fourth-order valence-corrected chi connectivity index (χ4v) is 2.82. The van der Waals surface area contributed by atoms with Crippen molar-refractivity contribution in [2.24, 2.45) is 4.99 Å². The molecule has 26 heavy (non-hydrogen) atoms. The first-order valence-corrected chi connectivity index (χ1v) is 8.68. The van der Waals surface area contributed by atoms with E-state index in [4.69, 9.17) is 0 Å². The van der Waals surface area contributed by atoms with Crippen LogP contribution in [-0.4, -0.2) is 32.2 Å². The lowest BCUT2D eigenvalue weighted by Gasteiger charge is -2.11. The first kappa shape index (κ1) is 17.7. The summed E-state index contributed by atoms with van der Waals surface area (Å²) in [4.78, 5) is 4.63. The van der Waals surface area contributed by atoms with E-state index in [1.807, 2.05) is 61.7 Å². The van der Waals surface area contributed by atoms with Crippen LogP contribution in [0.2, 0.25) is 0 Å². The number of aliphatic imine (C=N–C) groups is 1. The van der Waals surface area contributed by atoms with Crippen LogP contribution in [0.5, 0.6) is 5.75 Å². The average molecular weight is 352 g/mol. The van der Waals surface area contributed by atoms with E-state index in [0.717, 1.165) is 34.7 Å². The Morgan fingerprint density at radius 1 is 1.15 bits per heavy atom. The van der Waals surface area contributed by atoms with Crippen LogP contribution in [0.3, 0.4) is 0 Å². The molecule has 0 aliphatic carbocycles. The SMILES string of the molecule is CCNC(=NCc1cc(C)c(O)c(C)c1)NCc1nnc2ccccn12. The van der Waals surface area contributed by atoms with Crippen molar-refractivity contribution in [2.75, 3.05) is 6.54 Å². The number of phenols is 1. The summed E-state index contributed by atoms with van der Waals surface area (Å²) >= 11 is 0. The molecule has 3 rings (SSSR count). The zero-order valence-electron chi connectivity index (χ0n) is 15.3. The standard InChI is InChI=1S/C19H24N6O/c1-4-20-19(21-11-15-9-13(2)18(26)14(3)10-15)22-12-17-24-23-16-7-5-6-8-25(16)17/h5-10,26H,4,11-12H2,1-3H3,(H2,20,21,22). The maximum absolute atomic E-state index is 9.89. The Labute approximate surface area is 152 Å². The lowest BCUT2D eigenvalue weighted by molar-refractivity contribution is 0.466. The molecule has 3 aromatic rings. The third-order valence-electron chi connectivity index (χ3n) is 4.11. The molecule has 0 amide bonds. The highest BCUT2D eigenvalue weighted by Crippen LogP contribution is 2.23. The van der Waals surface area contributed by atoms with Crippen LogP contribution in [0.25, 0.3) is 5.65 Å². The van der Waals surface area contributed by atoms with Gasteiger partial charge in [0.05, 0.1) is 13.1 Å². The van der Waals surface area contributed by atoms with E-state index < -0.39 is 0 Å². The Morgan fingerprint density at radius 2 is 1.92 bits per heavy atom. The van der Waals surface area contributed by atoms with E-state index in [9.17, 15) is 5.11 Å². The summed E-state index contributed by atoms with van der Waals surface area (Å²) in [6.45, 7) is 7.63. The number of rotatable bonds is 5. The number of pyridine rings is 1. The minimum atomic E-state index is 0.349. The van der Waals surface area contributed by atoms with E-state index in [1.54, 1.807) is 0 Å². The number of fused-ring (bicyclic) bond motifs is 1. The Kier molecular flexibility index (Phi) is 5.36. The van der Waals surface area contributed by atoms with Crippen LogP contribution < -0.4 is 10.6 Å². The van der Waals surface area contributed by atoms with Gasteiger partial charge in [-0.2, -0.15) is 0 Å². The molecule has 0 aliphatic heterocycles. The predicted octanol–water partition coefficient (Wildman–Crippen LogP) is 2.31. The van der Waals surface area contributed by atoms with Gasteiger partial charge in [-0.3, -0.25) is 4.40 Å². The summed E-state index contributed by atoms with van der Waals surface area (Å²) in [6, 6.07) is 9.73. The highest BCUT2D eigenvalue weighted by Gasteiger charge is 2.07. The average Bonchev–Trinajstić information content (AvgIpc) is 3.05. The van der Waals surface area contributed by atoms with Gasteiger partial charge in [0.15, 0.2) is 17.4 Å². The van der Waals surface area contributed by atoms with Crippen LogP contribution in [0.1, 0.15) is 29.4 Å². The Bertz CT molecular complexity index is 908. The van der Waals surface area contributed by atoms with Gasteiger partial charge in [0.25, 0.3) is 0 Å². The number of benzene rings is 1. The summed E-state index contributed by atoms with van der Waals surface area (Å²) in [5.74, 6) is 1.88. The molecule has 3 N–H and O–H groups in total. The molecule has 0 fully saturated rings. The molecule has 136 valence electrons. The number of hydrogen-bond donors (Lipinski definition) is 3. The number of nitrogens with one attached hydrogen (secondary N) is 2. The van der Waals surface area contributed by atoms with Crippen molar-refractivity contribution in [1.82, 2.24) is 25.2 Å². The quantitative estimate of drug-likeness (QED) is 0.484. The lowest BCUT2D eigenvalue weighted by atomic mass is 10.1. The first-order chi connectivity index (χ1) is 12.6. The van der Waals surface area contributed by atoms with Crippen LogP contribution in [0.15, 0.2) is 41.5 Å². The molecular formula is C19H24N6O. The number of aromatic nitrogens is 3. The second kappa shape index (κ2) is 7.86. The maximum Gasteiger partial charge on any atom is 0.191 e. The summed E-state index contributed by atoms with van der Waals surface area (Å²) < 4.78 is 1.95. The molecule has 0 saturated carbocycles. The number of aryl methyl sites for hydroxylation is 2. The van der Waals surface area contributed by atoms with Gasteiger partial charge in [-0.05, 0) is 49.6 Å². The maximum atomic E-state index is 9.89. The molecule has 0 radical (unpaired) electrons. The smallest absolute Gasteiger partial charge is 0.191 e. The van der Waals surface area contributed by atoms with E-state index in [2.05, 4.69) is 25.8 Å². The van der Waals surface area contributed by atoms with Crippen molar-refractivity contribution >= 4 is 11.6 Å². The monoisotopic (exact) mass is 352 g/mol. The molecular weight excluding hydrogens is 328 g/mol. The van der Waals surface area contributed by atoms with Crippen molar-refractivity contribution < 1.29 is 5.11 Å². The van der Waals surface area contributed by atoms with Gasteiger partial charge in [-0.15, -0.1) is 10.2 Å². The largest absolute Gasteiger partial charge is 0.507 e. The number of nitrogens with zero attached hydrogens (tertiary/aromatic N) is 4.